The van der Waals surface area contributed by atoms with Gasteiger partial charge in [0.25, 0.3) is 0 Å². The number of esters is 1. The summed E-state index contributed by atoms with van der Waals surface area (Å²) in [6, 6.07) is 12.5. The number of hydrogen-bond acceptors (Lipinski definition) is 5. The average Bonchev–Trinajstić information content (AvgIpc) is 3.17. The normalized spacial score (nSPS) is 12.3. The molecular weight excluding hydrogens is 344 g/mol. The number of benzene rings is 2. The van der Waals surface area contributed by atoms with Crippen LogP contribution in [0.25, 0.3) is 0 Å². The van der Waals surface area contributed by atoms with E-state index in [0.29, 0.717) is 16.9 Å². The van der Waals surface area contributed by atoms with Crippen molar-refractivity contribution in [2.45, 2.75) is 32.1 Å². The molecule has 1 aliphatic rings. The van der Waals surface area contributed by atoms with Crippen molar-refractivity contribution in [1.82, 2.24) is 0 Å². The molecule has 0 radical (unpaired) electrons. The first kappa shape index (κ1) is 18.8. The Morgan fingerprint density at radius 3 is 2.52 bits per heavy atom. The maximum Gasteiger partial charge on any atom is 0.306 e. The summed E-state index contributed by atoms with van der Waals surface area (Å²) >= 11 is 0. The SMILES string of the molecule is COc1ccccc1C(=O)COC(=O)CCC(=O)c1ccc2c(c1)CCC2. The van der Waals surface area contributed by atoms with Crippen molar-refractivity contribution >= 4 is 17.5 Å². The van der Waals surface area contributed by atoms with Crippen molar-refractivity contribution in [3.05, 3.63) is 64.7 Å². The Kier molecular flexibility index (Phi) is 6.01. The Hall–Kier alpha value is -2.95. The Balaban J connectivity index is 1.48. The summed E-state index contributed by atoms with van der Waals surface area (Å²) in [6.45, 7) is -0.369. The molecule has 2 aromatic rings. The molecule has 2 aromatic carbocycles. The number of para-hydroxylation sites is 1. The minimum Gasteiger partial charge on any atom is -0.496 e. The van der Waals surface area contributed by atoms with Gasteiger partial charge >= 0.3 is 5.97 Å². The molecule has 0 heterocycles. The first-order valence-corrected chi connectivity index (χ1v) is 9.05. The lowest BCUT2D eigenvalue weighted by Gasteiger charge is -2.08. The molecule has 0 atom stereocenters. The predicted molar refractivity (Wildman–Crippen MR) is 100 cm³/mol. The number of rotatable bonds is 8. The number of methoxy groups -OCH3 is 1. The molecule has 0 aliphatic heterocycles. The molecule has 0 aromatic heterocycles. The Morgan fingerprint density at radius 2 is 1.70 bits per heavy atom. The number of carbonyl (C=O) groups excluding carboxylic acids is 3. The van der Waals surface area contributed by atoms with Crippen LogP contribution >= 0.6 is 0 Å². The molecule has 0 unspecified atom stereocenters. The fourth-order valence-corrected chi connectivity index (χ4v) is 3.28. The molecule has 0 amide bonds. The number of fused-ring (bicyclic) bond motifs is 1. The molecule has 1 aliphatic carbocycles. The van der Waals surface area contributed by atoms with Gasteiger partial charge in [-0.3, -0.25) is 14.4 Å². The van der Waals surface area contributed by atoms with Crippen LogP contribution in [0.2, 0.25) is 0 Å². The van der Waals surface area contributed by atoms with Crippen LogP contribution in [0.4, 0.5) is 0 Å². The topological polar surface area (TPSA) is 69.7 Å². The van der Waals surface area contributed by atoms with Gasteiger partial charge < -0.3 is 9.47 Å². The van der Waals surface area contributed by atoms with Gasteiger partial charge in [-0.1, -0.05) is 24.3 Å². The molecule has 0 saturated heterocycles. The second-order valence-electron chi connectivity index (χ2n) is 6.54. The van der Waals surface area contributed by atoms with Gasteiger partial charge in [-0.2, -0.15) is 0 Å². The third-order valence-corrected chi connectivity index (χ3v) is 4.75. The largest absolute Gasteiger partial charge is 0.496 e. The predicted octanol–water partition coefficient (Wildman–Crippen LogP) is 3.57. The number of hydrogen-bond donors (Lipinski definition) is 0. The molecule has 0 fully saturated rings. The molecule has 0 N–H and O–H groups in total. The fourth-order valence-electron chi connectivity index (χ4n) is 3.28. The van der Waals surface area contributed by atoms with Gasteiger partial charge in [0.2, 0.25) is 5.78 Å². The lowest BCUT2D eigenvalue weighted by atomic mass is 10.0. The lowest BCUT2D eigenvalue weighted by molar-refractivity contribution is -0.142. The van der Waals surface area contributed by atoms with Crippen LogP contribution in [0, 0.1) is 0 Å². The Labute approximate surface area is 158 Å². The highest BCUT2D eigenvalue weighted by molar-refractivity contribution is 6.01. The van der Waals surface area contributed by atoms with E-state index in [9.17, 15) is 14.4 Å². The molecule has 0 bridgehead atoms. The molecule has 140 valence electrons. The van der Waals surface area contributed by atoms with Gasteiger partial charge in [0.05, 0.1) is 19.1 Å². The van der Waals surface area contributed by atoms with Crippen molar-refractivity contribution in [3.8, 4) is 5.75 Å². The van der Waals surface area contributed by atoms with Gasteiger partial charge in [0.1, 0.15) is 5.75 Å². The monoisotopic (exact) mass is 366 g/mol. The van der Waals surface area contributed by atoms with E-state index < -0.39 is 5.97 Å². The van der Waals surface area contributed by atoms with E-state index in [1.165, 1.54) is 18.2 Å². The number of aryl methyl sites for hydroxylation is 2. The summed E-state index contributed by atoms with van der Waals surface area (Å²) in [6.07, 6.45) is 3.22. The van der Waals surface area contributed by atoms with Crippen LogP contribution in [0.5, 0.6) is 5.75 Å². The first-order valence-electron chi connectivity index (χ1n) is 9.05. The Morgan fingerprint density at radius 1 is 0.926 bits per heavy atom. The van der Waals surface area contributed by atoms with Crippen molar-refractivity contribution in [1.29, 1.82) is 0 Å². The Bertz CT molecular complexity index is 869. The van der Waals surface area contributed by atoms with Gasteiger partial charge in [0, 0.05) is 12.0 Å². The maximum atomic E-state index is 12.3. The molecule has 0 saturated carbocycles. The average molecular weight is 366 g/mol. The highest BCUT2D eigenvalue weighted by atomic mass is 16.5. The van der Waals surface area contributed by atoms with Crippen LogP contribution in [0.15, 0.2) is 42.5 Å². The highest BCUT2D eigenvalue weighted by Crippen LogP contribution is 2.23. The second kappa shape index (κ2) is 8.62. The summed E-state index contributed by atoms with van der Waals surface area (Å²) in [4.78, 5) is 36.4. The van der Waals surface area contributed by atoms with Gasteiger partial charge in [0.15, 0.2) is 12.4 Å². The summed E-state index contributed by atoms with van der Waals surface area (Å²) in [7, 11) is 1.47. The number of carbonyl (C=O) groups is 3. The van der Waals surface area contributed by atoms with Gasteiger partial charge in [-0.05, 0) is 48.6 Å². The molecule has 0 spiro atoms. The van der Waals surface area contributed by atoms with Crippen molar-refractivity contribution in [2.24, 2.45) is 0 Å². The third-order valence-electron chi connectivity index (χ3n) is 4.75. The van der Waals surface area contributed by atoms with E-state index >= 15 is 0 Å². The zero-order valence-corrected chi connectivity index (χ0v) is 15.3. The van der Waals surface area contributed by atoms with Crippen LogP contribution in [-0.4, -0.2) is 31.3 Å². The maximum absolute atomic E-state index is 12.3. The highest BCUT2D eigenvalue weighted by Gasteiger charge is 2.17. The quantitative estimate of drug-likeness (QED) is 0.528. The molecule has 3 rings (SSSR count). The van der Waals surface area contributed by atoms with E-state index in [4.69, 9.17) is 9.47 Å². The number of Topliss-reactive ketones (excluding diaryl/α,β-unsaturated/α-hetero) is 2. The lowest BCUT2D eigenvalue weighted by Crippen LogP contribution is -2.15. The minimum atomic E-state index is -0.562. The minimum absolute atomic E-state index is 0.0465. The van der Waals surface area contributed by atoms with Crippen molar-refractivity contribution in [2.75, 3.05) is 13.7 Å². The van der Waals surface area contributed by atoms with E-state index in [1.807, 2.05) is 18.2 Å². The zero-order valence-electron chi connectivity index (χ0n) is 15.3. The van der Waals surface area contributed by atoms with Crippen LogP contribution in [-0.2, 0) is 22.4 Å². The summed E-state index contributed by atoms with van der Waals surface area (Å²) in [5.74, 6) is -0.554. The summed E-state index contributed by atoms with van der Waals surface area (Å²) in [5, 5.41) is 0. The number of ether oxygens (including phenoxy) is 2. The molecule has 5 nitrogen and oxygen atoms in total. The van der Waals surface area contributed by atoms with E-state index in [-0.39, 0.29) is 31.0 Å². The van der Waals surface area contributed by atoms with E-state index in [0.717, 1.165) is 19.3 Å². The fraction of sp³-hybridized carbons (Fsp3) is 0.318. The summed E-state index contributed by atoms with van der Waals surface area (Å²) in [5.41, 5.74) is 3.53. The molecular formula is C22H22O5. The van der Waals surface area contributed by atoms with Crippen molar-refractivity contribution in [3.63, 3.8) is 0 Å². The van der Waals surface area contributed by atoms with E-state index in [1.54, 1.807) is 24.3 Å². The van der Waals surface area contributed by atoms with Gasteiger partial charge in [-0.15, -0.1) is 0 Å². The smallest absolute Gasteiger partial charge is 0.306 e. The van der Waals surface area contributed by atoms with E-state index in [2.05, 4.69) is 0 Å². The van der Waals surface area contributed by atoms with Crippen LogP contribution in [0.3, 0.4) is 0 Å². The molecule has 5 heteroatoms. The first-order chi connectivity index (χ1) is 13.1. The number of ketones is 2. The van der Waals surface area contributed by atoms with Crippen LogP contribution < -0.4 is 4.74 Å². The summed E-state index contributed by atoms with van der Waals surface area (Å²) < 4.78 is 10.1. The van der Waals surface area contributed by atoms with Gasteiger partial charge in [-0.25, -0.2) is 0 Å². The molecule has 27 heavy (non-hydrogen) atoms. The third kappa shape index (κ3) is 4.61. The van der Waals surface area contributed by atoms with Crippen molar-refractivity contribution < 1.29 is 23.9 Å². The second-order valence-corrected chi connectivity index (χ2v) is 6.54. The zero-order chi connectivity index (χ0) is 19.2. The van der Waals surface area contributed by atoms with Crippen LogP contribution in [0.1, 0.15) is 51.1 Å². The standard InChI is InChI=1S/C22H22O5/c1-26-21-8-3-2-7-18(21)20(24)14-27-22(25)12-11-19(23)17-10-9-15-5-4-6-16(15)13-17/h2-3,7-10,13H,4-6,11-12,14H2,1H3.